The standard InChI is InChI=1S/C13H8ClNO/c14-10-5-3-7-12-13(10)15-8-9-4-1-2-6-11(9)16-12/h1-8H. The minimum atomic E-state index is 0.599. The van der Waals surface area contributed by atoms with Gasteiger partial charge < -0.3 is 4.74 Å². The van der Waals surface area contributed by atoms with E-state index in [1.807, 2.05) is 36.4 Å². The molecule has 1 aliphatic heterocycles. The number of para-hydroxylation sites is 2. The number of halogens is 1. The molecule has 78 valence electrons. The third kappa shape index (κ3) is 1.48. The molecular weight excluding hydrogens is 222 g/mol. The molecule has 3 heteroatoms. The van der Waals surface area contributed by atoms with Crippen molar-refractivity contribution < 1.29 is 4.74 Å². The van der Waals surface area contributed by atoms with Crippen LogP contribution in [0.1, 0.15) is 5.56 Å². The summed E-state index contributed by atoms with van der Waals surface area (Å²) in [6, 6.07) is 13.3. The Bertz CT molecular complexity index is 578. The van der Waals surface area contributed by atoms with Gasteiger partial charge in [-0.1, -0.05) is 29.8 Å². The second kappa shape index (κ2) is 3.65. The Balaban J connectivity index is 2.21. The Morgan fingerprint density at radius 3 is 2.69 bits per heavy atom. The van der Waals surface area contributed by atoms with Crippen LogP contribution in [-0.4, -0.2) is 6.21 Å². The maximum atomic E-state index is 6.06. The summed E-state index contributed by atoms with van der Waals surface area (Å²) in [6.45, 7) is 0. The molecule has 0 bridgehead atoms. The molecular formula is C13H8ClNO. The van der Waals surface area contributed by atoms with E-state index in [4.69, 9.17) is 16.3 Å². The summed E-state index contributed by atoms with van der Waals surface area (Å²) >= 11 is 6.06. The Labute approximate surface area is 98.2 Å². The van der Waals surface area contributed by atoms with Crippen molar-refractivity contribution in [2.24, 2.45) is 4.99 Å². The van der Waals surface area contributed by atoms with Crippen LogP contribution in [0.3, 0.4) is 0 Å². The number of nitrogens with zero attached hydrogens (tertiary/aromatic N) is 1. The first-order valence-corrected chi connectivity index (χ1v) is 5.32. The van der Waals surface area contributed by atoms with Gasteiger partial charge in [-0.15, -0.1) is 0 Å². The molecule has 0 spiro atoms. The quantitative estimate of drug-likeness (QED) is 0.566. The van der Waals surface area contributed by atoms with Gasteiger partial charge in [0.15, 0.2) is 5.75 Å². The van der Waals surface area contributed by atoms with Crippen molar-refractivity contribution in [2.75, 3.05) is 0 Å². The molecule has 2 aromatic rings. The topological polar surface area (TPSA) is 21.6 Å². The van der Waals surface area contributed by atoms with Gasteiger partial charge in [-0.2, -0.15) is 0 Å². The molecule has 1 heterocycles. The van der Waals surface area contributed by atoms with Crippen LogP contribution in [0.5, 0.6) is 11.5 Å². The summed E-state index contributed by atoms with van der Waals surface area (Å²) in [4.78, 5) is 4.35. The Morgan fingerprint density at radius 2 is 1.75 bits per heavy atom. The first-order chi connectivity index (χ1) is 7.84. The van der Waals surface area contributed by atoms with Gasteiger partial charge in [-0.05, 0) is 24.3 Å². The van der Waals surface area contributed by atoms with Crippen LogP contribution in [0.25, 0.3) is 0 Å². The largest absolute Gasteiger partial charge is 0.454 e. The summed E-state index contributed by atoms with van der Waals surface area (Å²) in [5.41, 5.74) is 1.63. The molecule has 2 aromatic carbocycles. The SMILES string of the molecule is Clc1cccc2c1N=Cc1ccccc1O2. The minimum Gasteiger partial charge on any atom is -0.454 e. The van der Waals surface area contributed by atoms with E-state index in [9.17, 15) is 0 Å². The molecule has 0 saturated heterocycles. The van der Waals surface area contributed by atoms with Crippen LogP contribution in [0.2, 0.25) is 5.02 Å². The zero-order chi connectivity index (χ0) is 11.0. The molecule has 0 radical (unpaired) electrons. The summed E-state index contributed by atoms with van der Waals surface area (Å²) in [5, 5.41) is 0.599. The van der Waals surface area contributed by atoms with E-state index in [2.05, 4.69) is 4.99 Å². The lowest BCUT2D eigenvalue weighted by molar-refractivity contribution is 0.485. The summed E-state index contributed by atoms with van der Waals surface area (Å²) < 4.78 is 5.77. The van der Waals surface area contributed by atoms with Crippen molar-refractivity contribution in [3.63, 3.8) is 0 Å². The van der Waals surface area contributed by atoms with Gasteiger partial charge in [-0.3, -0.25) is 4.99 Å². The molecule has 0 aliphatic carbocycles. The molecule has 1 aliphatic rings. The van der Waals surface area contributed by atoms with Crippen LogP contribution in [0, 0.1) is 0 Å². The lowest BCUT2D eigenvalue weighted by atomic mass is 10.2. The van der Waals surface area contributed by atoms with Crippen LogP contribution in [0.4, 0.5) is 5.69 Å². The molecule has 0 fully saturated rings. The highest BCUT2D eigenvalue weighted by Gasteiger charge is 2.12. The lowest BCUT2D eigenvalue weighted by Crippen LogP contribution is -1.86. The summed E-state index contributed by atoms with van der Waals surface area (Å²) in [5.74, 6) is 1.49. The van der Waals surface area contributed by atoms with E-state index in [-0.39, 0.29) is 0 Å². The third-order valence-electron chi connectivity index (χ3n) is 2.42. The minimum absolute atomic E-state index is 0.599. The summed E-state index contributed by atoms with van der Waals surface area (Å²) in [6.07, 6.45) is 1.77. The maximum absolute atomic E-state index is 6.06. The van der Waals surface area contributed by atoms with Gasteiger partial charge >= 0.3 is 0 Å². The zero-order valence-corrected chi connectivity index (χ0v) is 9.11. The van der Waals surface area contributed by atoms with Gasteiger partial charge in [0.05, 0.1) is 5.02 Å². The van der Waals surface area contributed by atoms with E-state index < -0.39 is 0 Å². The molecule has 0 amide bonds. The number of rotatable bonds is 0. The molecule has 0 aromatic heterocycles. The van der Waals surface area contributed by atoms with E-state index in [1.165, 1.54) is 0 Å². The van der Waals surface area contributed by atoms with E-state index >= 15 is 0 Å². The number of benzene rings is 2. The Hall–Kier alpha value is -1.80. The second-order valence-electron chi connectivity index (χ2n) is 3.48. The summed E-state index contributed by atoms with van der Waals surface area (Å²) in [7, 11) is 0. The molecule has 0 atom stereocenters. The zero-order valence-electron chi connectivity index (χ0n) is 8.35. The molecule has 0 N–H and O–H groups in total. The van der Waals surface area contributed by atoms with Crippen LogP contribution in [0.15, 0.2) is 47.5 Å². The monoisotopic (exact) mass is 229 g/mol. The van der Waals surface area contributed by atoms with E-state index in [1.54, 1.807) is 12.3 Å². The Kier molecular flexibility index (Phi) is 2.15. The van der Waals surface area contributed by atoms with Crippen molar-refractivity contribution in [1.29, 1.82) is 0 Å². The van der Waals surface area contributed by atoms with Crippen LogP contribution < -0.4 is 4.74 Å². The van der Waals surface area contributed by atoms with Gasteiger partial charge in [0.1, 0.15) is 11.4 Å². The lowest BCUT2D eigenvalue weighted by Gasteiger charge is -2.07. The van der Waals surface area contributed by atoms with Crippen molar-refractivity contribution in [3.8, 4) is 11.5 Å². The molecule has 3 rings (SSSR count). The fourth-order valence-electron chi connectivity index (χ4n) is 1.64. The molecule has 0 saturated carbocycles. The fourth-order valence-corrected chi connectivity index (χ4v) is 1.85. The fraction of sp³-hybridized carbons (Fsp3) is 0. The second-order valence-corrected chi connectivity index (χ2v) is 3.89. The van der Waals surface area contributed by atoms with Crippen molar-refractivity contribution in [1.82, 2.24) is 0 Å². The van der Waals surface area contributed by atoms with Crippen LogP contribution >= 0.6 is 11.6 Å². The van der Waals surface area contributed by atoms with E-state index in [0.29, 0.717) is 16.5 Å². The molecule has 2 nitrogen and oxygen atoms in total. The van der Waals surface area contributed by atoms with Gasteiger partial charge in [0.2, 0.25) is 0 Å². The highest BCUT2D eigenvalue weighted by atomic mass is 35.5. The smallest absolute Gasteiger partial charge is 0.154 e. The van der Waals surface area contributed by atoms with Crippen molar-refractivity contribution >= 4 is 23.5 Å². The first kappa shape index (κ1) is 9.43. The number of aliphatic imine (C=N–C) groups is 1. The highest BCUT2D eigenvalue weighted by molar-refractivity contribution is 6.33. The highest BCUT2D eigenvalue weighted by Crippen LogP contribution is 2.40. The van der Waals surface area contributed by atoms with Crippen molar-refractivity contribution in [3.05, 3.63) is 53.1 Å². The van der Waals surface area contributed by atoms with Gasteiger partial charge in [0, 0.05) is 11.8 Å². The number of hydrogen-bond acceptors (Lipinski definition) is 2. The molecule has 0 unspecified atom stereocenters. The maximum Gasteiger partial charge on any atom is 0.154 e. The number of ether oxygens (including phenoxy) is 1. The normalized spacial score (nSPS) is 12.3. The average Bonchev–Trinajstić information content (AvgIpc) is 2.48. The number of hydrogen-bond donors (Lipinski definition) is 0. The van der Waals surface area contributed by atoms with Crippen molar-refractivity contribution in [2.45, 2.75) is 0 Å². The predicted molar refractivity (Wildman–Crippen MR) is 65.2 cm³/mol. The number of fused-ring (bicyclic) bond motifs is 2. The first-order valence-electron chi connectivity index (χ1n) is 4.94. The van der Waals surface area contributed by atoms with Gasteiger partial charge in [0.25, 0.3) is 0 Å². The predicted octanol–water partition coefficient (Wildman–Crippen LogP) is 4.20. The molecule has 16 heavy (non-hydrogen) atoms. The Morgan fingerprint density at radius 1 is 0.938 bits per heavy atom. The van der Waals surface area contributed by atoms with E-state index in [0.717, 1.165) is 11.3 Å². The van der Waals surface area contributed by atoms with Crippen LogP contribution in [-0.2, 0) is 0 Å². The average molecular weight is 230 g/mol. The third-order valence-corrected chi connectivity index (χ3v) is 2.73. The van der Waals surface area contributed by atoms with Gasteiger partial charge in [-0.25, -0.2) is 0 Å².